The molecule has 1 N–H and O–H groups in total. The van der Waals surface area contributed by atoms with Crippen LogP contribution in [0.25, 0.3) is 33.1 Å². The van der Waals surface area contributed by atoms with Crippen molar-refractivity contribution in [1.29, 1.82) is 0 Å². The van der Waals surface area contributed by atoms with E-state index in [4.69, 9.17) is 14.5 Å². The molecule has 0 atom stereocenters. The third kappa shape index (κ3) is 3.79. The molecule has 5 aromatic rings. The lowest BCUT2D eigenvalue weighted by Crippen LogP contribution is -1.98. The molecule has 2 aromatic carbocycles. The summed E-state index contributed by atoms with van der Waals surface area (Å²) in [5.41, 5.74) is 6.29. The van der Waals surface area contributed by atoms with Crippen molar-refractivity contribution in [1.82, 2.24) is 4.98 Å². The highest BCUT2D eigenvalue weighted by Crippen LogP contribution is 2.40. The first-order valence-electron chi connectivity index (χ1n) is 11.4. The lowest BCUT2D eigenvalue weighted by atomic mass is 10.0. The van der Waals surface area contributed by atoms with Gasteiger partial charge in [-0.3, -0.25) is 0 Å². The van der Waals surface area contributed by atoms with Gasteiger partial charge in [-0.05, 0) is 80.6 Å². The number of H-pyrrole nitrogens is 1. The maximum atomic E-state index is 5.54. The van der Waals surface area contributed by atoms with Gasteiger partial charge < -0.3 is 14.5 Å². The molecule has 0 radical (unpaired) electrons. The van der Waals surface area contributed by atoms with Crippen LogP contribution in [-0.2, 0) is 0 Å². The first-order valence-corrected chi connectivity index (χ1v) is 13.0. The van der Waals surface area contributed by atoms with Crippen LogP contribution in [0.2, 0.25) is 0 Å². The van der Waals surface area contributed by atoms with Crippen LogP contribution < -0.4 is 9.47 Å². The zero-order valence-electron chi connectivity index (χ0n) is 19.9. The smallest absolute Gasteiger partial charge is 0.119 e. The van der Waals surface area contributed by atoms with Gasteiger partial charge in [0.2, 0.25) is 0 Å². The van der Waals surface area contributed by atoms with E-state index in [1.807, 2.05) is 12.1 Å². The Morgan fingerprint density at radius 2 is 1.43 bits per heavy atom. The molecule has 0 amide bonds. The summed E-state index contributed by atoms with van der Waals surface area (Å²) in [5, 5.41) is 2.29. The second-order valence-corrected chi connectivity index (χ2v) is 11.1. The molecule has 174 valence electrons. The molecule has 0 aliphatic carbocycles. The van der Waals surface area contributed by atoms with E-state index in [2.05, 4.69) is 73.4 Å². The van der Waals surface area contributed by atoms with Gasteiger partial charge >= 0.3 is 0 Å². The van der Waals surface area contributed by atoms with Crippen molar-refractivity contribution < 1.29 is 9.47 Å². The van der Waals surface area contributed by atoms with Gasteiger partial charge in [0.15, 0.2) is 0 Å². The Balaban J connectivity index is 1.56. The number of benzene rings is 2. The number of rotatable bonds is 5. The zero-order chi connectivity index (χ0) is 24.1. The van der Waals surface area contributed by atoms with Crippen molar-refractivity contribution in [2.75, 3.05) is 14.2 Å². The molecule has 0 spiro atoms. The number of ether oxygens (including phenoxy) is 2. The zero-order valence-corrected chi connectivity index (χ0v) is 21.6. The van der Waals surface area contributed by atoms with Crippen molar-refractivity contribution in [3.05, 3.63) is 92.1 Å². The summed E-state index contributed by atoms with van der Waals surface area (Å²) in [5.74, 6) is 1.68. The number of methoxy groups -OCH3 is 2. The number of fused-ring (bicyclic) bond motifs is 2. The molecule has 3 aromatic heterocycles. The molecule has 4 heterocycles. The van der Waals surface area contributed by atoms with Gasteiger partial charge in [-0.2, -0.15) is 0 Å². The number of aliphatic imine (C=N–C) groups is 1. The van der Waals surface area contributed by atoms with E-state index in [1.165, 1.54) is 14.6 Å². The number of aromatic amines is 1. The average molecular weight is 497 g/mol. The number of hydrogen-bond acceptors (Lipinski definition) is 5. The molecule has 0 fully saturated rings. The van der Waals surface area contributed by atoms with Gasteiger partial charge in [-0.1, -0.05) is 0 Å². The highest BCUT2D eigenvalue weighted by Gasteiger charge is 2.24. The van der Waals surface area contributed by atoms with Gasteiger partial charge in [-0.15, -0.1) is 22.7 Å². The fourth-order valence-electron chi connectivity index (χ4n) is 4.55. The molecular formula is C29H24N2O2S2. The second-order valence-electron chi connectivity index (χ2n) is 8.55. The molecule has 0 unspecified atom stereocenters. The third-order valence-electron chi connectivity index (χ3n) is 6.28. The minimum Gasteiger partial charge on any atom is -0.497 e. The van der Waals surface area contributed by atoms with Crippen molar-refractivity contribution in [3.63, 3.8) is 0 Å². The second kappa shape index (κ2) is 8.56. The van der Waals surface area contributed by atoms with E-state index >= 15 is 0 Å². The Kier molecular flexibility index (Phi) is 5.35. The van der Waals surface area contributed by atoms with Crippen LogP contribution in [0.15, 0.2) is 65.7 Å². The predicted molar refractivity (Wildman–Crippen MR) is 148 cm³/mol. The van der Waals surface area contributed by atoms with Gasteiger partial charge in [0.05, 0.1) is 41.1 Å². The third-order valence-corrected chi connectivity index (χ3v) is 8.30. The van der Waals surface area contributed by atoms with Crippen LogP contribution in [-0.4, -0.2) is 24.9 Å². The topological polar surface area (TPSA) is 46.6 Å². The molecule has 4 nitrogen and oxygen atoms in total. The van der Waals surface area contributed by atoms with Crippen molar-refractivity contribution in [3.8, 4) is 22.1 Å². The monoisotopic (exact) mass is 496 g/mol. The molecule has 0 saturated heterocycles. The Morgan fingerprint density at radius 3 is 2.11 bits per heavy atom. The van der Waals surface area contributed by atoms with E-state index in [-0.39, 0.29) is 0 Å². The SMILES string of the molecule is COc1ccc2c(c1)C(c1ccc(C)s1)=N/C2=C\c1[nH]c(-c2ccc(C)s2)c2cc(OC)ccc12. The van der Waals surface area contributed by atoms with Gasteiger partial charge in [0.25, 0.3) is 0 Å². The Bertz CT molecular complexity index is 1650. The minimum absolute atomic E-state index is 0.832. The fourth-order valence-corrected chi connectivity index (χ4v) is 6.30. The van der Waals surface area contributed by atoms with Crippen LogP contribution >= 0.6 is 22.7 Å². The molecule has 6 heteroatoms. The minimum atomic E-state index is 0.832. The van der Waals surface area contributed by atoms with Crippen LogP contribution in [0.3, 0.4) is 0 Å². The largest absolute Gasteiger partial charge is 0.497 e. The van der Waals surface area contributed by atoms with Gasteiger partial charge in [0, 0.05) is 37.3 Å². The lowest BCUT2D eigenvalue weighted by molar-refractivity contribution is 0.414. The maximum Gasteiger partial charge on any atom is 0.119 e. The molecule has 1 aliphatic rings. The number of aryl methyl sites for hydroxylation is 2. The molecule has 0 saturated carbocycles. The van der Waals surface area contributed by atoms with Crippen molar-refractivity contribution in [2.45, 2.75) is 13.8 Å². The Hall–Kier alpha value is -3.61. The highest BCUT2D eigenvalue weighted by atomic mass is 32.1. The van der Waals surface area contributed by atoms with Crippen LogP contribution in [0.5, 0.6) is 11.5 Å². The standard InChI is InChI=1S/C29H24N2O2S2/c1-16-5-11-26(34-16)28-22-13-18(32-3)7-9-20(22)24(30-28)15-25-21-10-8-19(33-4)14-23(21)29(31-25)27-12-6-17(2)35-27/h5-15,30H,1-4H3/b25-15-. The van der Waals surface area contributed by atoms with Gasteiger partial charge in [0.1, 0.15) is 11.5 Å². The first kappa shape index (κ1) is 21.9. The summed E-state index contributed by atoms with van der Waals surface area (Å²) in [6.07, 6.45) is 2.16. The predicted octanol–water partition coefficient (Wildman–Crippen LogP) is 7.94. The Labute approximate surface area is 212 Å². The fraction of sp³-hybridized carbons (Fsp3) is 0.138. The van der Waals surface area contributed by atoms with E-state index in [9.17, 15) is 0 Å². The number of hydrogen-bond donors (Lipinski definition) is 1. The van der Waals surface area contributed by atoms with E-state index in [0.29, 0.717) is 0 Å². The summed E-state index contributed by atoms with van der Waals surface area (Å²) in [6.45, 7) is 4.26. The summed E-state index contributed by atoms with van der Waals surface area (Å²) >= 11 is 3.55. The summed E-state index contributed by atoms with van der Waals surface area (Å²) in [6, 6.07) is 21.1. The number of nitrogens with one attached hydrogen (secondary N) is 1. The van der Waals surface area contributed by atoms with Crippen LogP contribution in [0.1, 0.15) is 31.5 Å². The lowest BCUT2D eigenvalue weighted by Gasteiger charge is -2.05. The molecule has 35 heavy (non-hydrogen) atoms. The molecular weight excluding hydrogens is 472 g/mol. The summed E-state index contributed by atoms with van der Waals surface area (Å²) < 4.78 is 11.1. The highest BCUT2D eigenvalue weighted by molar-refractivity contribution is 7.15. The quantitative estimate of drug-likeness (QED) is 0.268. The molecule has 6 rings (SSSR count). The summed E-state index contributed by atoms with van der Waals surface area (Å²) in [7, 11) is 3.41. The van der Waals surface area contributed by atoms with E-state index < -0.39 is 0 Å². The normalized spacial score (nSPS) is 13.9. The van der Waals surface area contributed by atoms with Crippen molar-refractivity contribution in [2.24, 2.45) is 4.99 Å². The molecule has 0 bridgehead atoms. The van der Waals surface area contributed by atoms with Crippen LogP contribution in [0, 0.1) is 13.8 Å². The number of nitrogens with zero attached hydrogens (tertiary/aromatic N) is 1. The van der Waals surface area contributed by atoms with Crippen molar-refractivity contribution >= 4 is 50.9 Å². The van der Waals surface area contributed by atoms with E-state index in [0.717, 1.165) is 61.1 Å². The maximum absolute atomic E-state index is 5.54. The average Bonchev–Trinajstić information content (AvgIpc) is 3.65. The number of aromatic nitrogens is 1. The number of thiophene rings is 2. The van der Waals surface area contributed by atoms with E-state index in [1.54, 1.807) is 36.9 Å². The summed E-state index contributed by atoms with van der Waals surface area (Å²) in [4.78, 5) is 13.7. The first-order chi connectivity index (χ1) is 17.0. The van der Waals surface area contributed by atoms with Crippen LogP contribution in [0.4, 0.5) is 0 Å². The Morgan fingerprint density at radius 1 is 0.743 bits per heavy atom. The van der Waals surface area contributed by atoms with Gasteiger partial charge in [-0.25, -0.2) is 4.99 Å². The molecule has 1 aliphatic heterocycles.